The molecule has 1 aliphatic carbocycles. The van der Waals surface area contributed by atoms with E-state index in [9.17, 15) is 9.90 Å². The number of carboxylic acid groups (broad SMARTS) is 1. The average molecular weight is 237 g/mol. The van der Waals surface area contributed by atoms with Gasteiger partial charge in [-0.15, -0.1) is 0 Å². The van der Waals surface area contributed by atoms with E-state index in [0.29, 0.717) is 13.1 Å². The fourth-order valence-electron chi connectivity index (χ4n) is 2.41. The lowest BCUT2D eigenvalue weighted by molar-refractivity contribution is -0.152. The first-order valence-electron chi connectivity index (χ1n) is 6.09. The lowest BCUT2D eigenvalue weighted by Gasteiger charge is -2.37. The van der Waals surface area contributed by atoms with E-state index >= 15 is 0 Å². The Labute approximate surface area is 101 Å². The van der Waals surface area contributed by atoms with Gasteiger partial charge in [0.05, 0.1) is 12.8 Å². The molecule has 2 rings (SSSR count). The second kappa shape index (κ2) is 4.53. The molecule has 4 nitrogen and oxygen atoms in total. The third-order valence-electron chi connectivity index (χ3n) is 3.77. The number of aliphatic carboxylic acids is 1. The van der Waals surface area contributed by atoms with Crippen LogP contribution in [0.15, 0.2) is 22.8 Å². The summed E-state index contributed by atoms with van der Waals surface area (Å²) in [5.74, 6) is 0.364. The summed E-state index contributed by atoms with van der Waals surface area (Å²) in [4.78, 5) is 13.6. The van der Waals surface area contributed by atoms with Gasteiger partial charge < -0.3 is 9.52 Å². The predicted molar refractivity (Wildman–Crippen MR) is 63.6 cm³/mol. The van der Waals surface area contributed by atoms with Crippen LogP contribution in [0.2, 0.25) is 0 Å². The summed E-state index contributed by atoms with van der Waals surface area (Å²) < 4.78 is 5.31. The van der Waals surface area contributed by atoms with Gasteiger partial charge in [-0.25, -0.2) is 0 Å². The van der Waals surface area contributed by atoms with Crippen molar-refractivity contribution in [3.05, 3.63) is 24.2 Å². The fourth-order valence-corrected chi connectivity index (χ4v) is 2.41. The zero-order chi connectivity index (χ0) is 12.5. The van der Waals surface area contributed by atoms with E-state index in [4.69, 9.17) is 4.42 Å². The molecule has 0 bridgehead atoms. The third-order valence-corrected chi connectivity index (χ3v) is 3.77. The minimum absolute atomic E-state index is 0.273. The molecular formula is C13H19NO3. The minimum Gasteiger partial charge on any atom is -0.480 e. The van der Waals surface area contributed by atoms with Crippen LogP contribution in [0.1, 0.15) is 32.4 Å². The molecule has 0 aliphatic heterocycles. The van der Waals surface area contributed by atoms with Gasteiger partial charge in [0.2, 0.25) is 0 Å². The van der Waals surface area contributed by atoms with Crippen molar-refractivity contribution in [3.63, 3.8) is 0 Å². The largest absolute Gasteiger partial charge is 0.480 e. The molecule has 1 N–H and O–H groups in total. The molecule has 0 saturated heterocycles. The van der Waals surface area contributed by atoms with Gasteiger partial charge in [-0.1, -0.05) is 6.92 Å². The van der Waals surface area contributed by atoms with Crippen molar-refractivity contribution in [3.8, 4) is 0 Å². The van der Waals surface area contributed by atoms with E-state index < -0.39 is 11.5 Å². The van der Waals surface area contributed by atoms with E-state index in [1.54, 1.807) is 6.26 Å². The smallest absolute Gasteiger partial charge is 0.324 e. The Bertz CT molecular complexity index is 383. The number of carboxylic acids is 1. The summed E-state index contributed by atoms with van der Waals surface area (Å²) >= 11 is 0. The Morgan fingerprint density at radius 2 is 2.35 bits per heavy atom. The highest BCUT2D eigenvalue weighted by molar-refractivity contribution is 5.79. The molecule has 0 amide bonds. The predicted octanol–water partition coefficient (Wildman–Crippen LogP) is 2.35. The van der Waals surface area contributed by atoms with E-state index in [2.05, 4.69) is 0 Å². The van der Waals surface area contributed by atoms with Crippen LogP contribution >= 0.6 is 0 Å². The number of nitrogens with zero attached hydrogens (tertiary/aromatic N) is 1. The molecule has 1 saturated carbocycles. The zero-order valence-corrected chi connectivity index (χ0v) is 10.3. The standard InChI is InChI=1S/C13H19NO3/c1-3-14(9-11-5-4-8-17-11)13(2,12(15)16)10-6-7-10/h4-5,8,10H,3,6-7,9H2,1-2H3,(H,15,16). The average Bonchev–Trinajstić information content (AvgIpc) is 3.04. The van der Waals surface area contributed by atoms with Crippen molar-refractivity contribution >= 4 is 5.97 Å². The van der Waals surface area contributed by atoms with Gasteiger partial charge in [-0.2, -0.15) is 0 Å². The van der Waals surface area contributed by atoms with Crippen molar-refractivity contribution < 1.29 is 14.3 Å². The summed E-state index contributed by atoms with van der Waals surface area (Å²) in [6.07, 6.45) is 3.65. The number of carbonyl (C=O) groups is 1. The van der Waals surface area contributed by atoms with E-state index in [1.165, 1.54) is 0 Å². The molecule has 1 atom stereocenters. The van der Waals surface area contributed by atoms with Gasteiger partial charge in [0.25, 0.3) is 0 Å². The first kappa shape index (κ1) is 12.2. The molecule has 94 valence electrons. The van der Waals surface area contributed by atoms with Gasteiger partial charge >= 0.3 is 5.97 Å². The lowest BCUT2D eigenvalue weighted by atomic mass is 9.93. The molecule has 0 spiro atoms. The van der Waals surface area contributed by atoms with Gasteiger partial charge in [0.15, 0.2) is 0 Å². The fraction of sp³-hybridized carbons (Fsp3) is 0.615. The highest BCUT2D eigenvalue weighted by Crippen LogP contribution is 2.43. The van der Waals surface area contributed by atoms with Crippen molar-refractivity contribution in [2.24, 2.45) is 5.92 Å². The maximum absolute atomic E-state index is 11.6. The summed E-state index contributed by atoms with van der Waals surface area (Å²) in [5.41, 5.74) is -0.762. The highest BCUT2D eigenvalue weighted by Gasteiger charge is 2.51. The number of rotatable bonds is 6. The molecule has 0 aromatic carbocycles. The number of furan rings is 1. The van der Waals surface area contributed by atoms with Crippen LogP contribution in [0.5, 0.6) is 0 Å². The first-order valence-corrected chi connectivity index (χ1v) is 6.09. The van der Waals surface area contributed by atoms with Crippen LogP contribution < -0.4 is 0 Å². The van der Waals surface area contributed by atoms with Crippen molar-refractivity contribution in [2.45, 2.75) is 38.8 Å². The molecule has 1 heterocycles. The van der Waals surface area contributed by atoms with E-state index in [-0.39, 0.29) is 5.92 Å². The Morgan fingerprint density at radius 1 is 1.65 bits per heavy atom. The van der Waals surface area contributed by atoms with Gasteiger partial charge in [0.1, 0.15) is 11.3 Å². The lowest BCUT2D eigenvalue weighted by Crippen LogP contribution is -2.53. The van der Waals surface area contributed by atoms with Crippen LogP contribution in [0.25, 0.3) is 0 Å². The summed E-state index contributed by atoms with van der Waals surface area (Å²) in [6.45, 7) is 5.09. The molecular weight excluding hydrogens is 218 g/mol. The number of hydrogen-bond donors (Lipinski definition) is 1. The molecule has 1 aromatic heterocycles. The van der Waals surface area contributed by atoms with Gasteiger partial charge in [-0.05, 0) is 44.4 Å². The van der Waals surface area contributed by atoms with E-state index in [0.717, 1.165) is 18.6 Å². The molecule has 1 aliphatic rings. The van der Waals surface area contributed by atoms with Crippen LogP contribution in [-0.4, -0.2) is 28.1 Å². The molecule has 1 unspecified atom stereocenters. The van der Waals surface area contributed by atoms with Gasteiger partial charge in [0, 0.05) is 0 Å². The second-order valence-electron chi connectivity index (χ2n) is 4.82. The van der Waals surface area contributed by atoms with Crippen LogP contribution in [0, 0.1) is 5.92 Å². The van der Waals surface area contributed by atoms with E-state index in [1.807, 2.05) is 30.9 Å². The Balaban J connectivity index is 2.17. The third kappa shape index (κ3) is 2.22. The summed E-state index contributed by atoms with van der Waals surface area (Å²) in [5, 5.41) is 9.50. The van der Waals surface area contributed by atoms with Gasteiger partial charge in [-0.3, -0.25) is 9.69 Å². The molecule has 17 heavy (non-hydrogen) atoms. The normalized spacial score (nSPS) is 19.2. The Morgan fingerprint density at radius 3 is 2.76 bits per heavy atom. The SMILES string of the molecule is CCN(Cc1ccco1)C(C)(C(=O)O)C1CC1. The minimum atomic E-state index is -0.762. The highest BCUT2D eigenvalue weighted by atomic mass is 16.4. The monoisotopic (exact) mass is 237 g/mol. The summed E-state index contributed by atoms with van der Waals surface area (Å²) in [7, 11) is 0. The second-order valence-corrected chi connectivity index (χ2v) is 4.82. The topological polar surface area (TPSA) is 53.7 Å². The van der Waals surface area contributed by atoms with Crippen LogP contribution in [0.4, 0.5) is 0 Å². The Hall–Kier alpha value is -1.29. The van der Waals surface area contributed by atoms with Crippen LogP contribution in [0.3, 0.4) is 0 Å². The number of likely N-dealkylation sites (N-methyl/N-ethyl adjacent to an activating group) is 1. The van der Waals surface area contributed by atoms with Crippen molar-refractivity contribution in [1.29, 1.82) is 0 Å². The molecule has 4 heteroatoms. The van der Waals surface area contributed by atoms with Crippen molar-refractivity contribution in [2.75, 3.05) is 6.54 Å². The first-order chi connectivity index (χ1) is 8.09. The number of hydrogen-bond acceptors (Lipinski definition) is 3. The maximum Gasteiger partial charge on any atom is 0.324 e. The zero-order valence-electron chi connectivity index (χ0n) is 10.3. The molecule has 1 aromatic rings. The van der Waals surface area contributed by atoms with Crippen molar-refractivity contribution in [1.82, 2.24) is 4.90 Å². The Kier molecular flexibility index (Phi) is 3.24. The molecule has 0 radical (unpaired) electrons. The van der Waals surface area contributed by atoms with Crippen LogP contribution in [-0.2, 0) is 11.3 Å². The quantitative estimate of drug-likeness (QED) is 0.825. The maximum atomic E-state index is 11.6. The summed E-state index contributed by atoms with van der Waals surface area (Å²) in [6, 6.07) is 3.72. The molecule has 1 fully saturated rings.